The van der Waals surface area contributed by atoms with E-state index < -0.39 is 23.6 Å². The Labute approximate surface area is 111 Å². The Morgan fingerprint density at radius 2 is 2.15 bits per heavy atom. The molecule has 0 bridgehead atoms. The van der Waals surface area contributed by atoms with Gasteiger partial charge in [-0.1, -0.05) is 5.16 Å². The Balaban J connectivity index is 2.15. The lowest BCUT2D eigenvalue weighted by molar-refractivity contribution is -0.141. The lowest BCUT2D eigenvalue weighted by atomic mass is 10.3. The minimum atomic E-state index is -4.63. The molecular formula is C11H9F3N4O2. The highest BCUT2D eigenvalue weighted by Crippen LogP contribution is 2.27. The van der Waals surface area contributed by atoms with Crippen LogP contribution < -0.4 is 5.32 Å². The van der Waals surface area contributed by atoms with Crippen molar-refractivity contribution < 1.29 is 22.5 Å². The second-order valence-electron chi connectivity index (χ2n) is 3.88. The lowest BCUT2D eigenvalue weighted by Crippen LogP contribution is -2.26. The highest BCUT2D eigenvalue weighted by Gasteiger charge is 2.34. The van der Waals surface area contributed by atoms with Crippen LogP contribution in [0.5, 0.6) is 0 Å². The molecule has 0 saturated heterocycles. The van der Waals surface area contributed by atoms with E-state index in [1.165, 1.54) is 19.2 Å². The molecule has 0 saturated carbocycles. The van der Waals surface area contributed by atoms with Crippen LogP contribution in [0.1, 0.15) is 27.8 Å². The van der Waals surface area contributed by atoms with Crippen molar-refractivity contribution in [2.75, 3.05) is 0 Å². The lowest BCUT2D eigenvalue weighted by Gasteiger charge is -2.08. The van der Waals surface area contributed by atoms with Crippen LogP contribution in [0.2, 0.25) is 0 Å². The van der Waals surface area contributed by atoms with Crippen LogP contribution in [0, 0.1) is 6.92 Å². The predicted molar refractivity (Wildman–Crippen MR) is 59.4 cm³/mol. The minimum absolute atomic E-state index is 0.0164. The minimum Gasteiger partial charge on any atom is -0.360 e. The van der Waals surface area contributed by atoms with Gasteiger partial charge < -0.3 is 9.84 Å². The van der Waals surface area contributed by atoms with Crippen molar-refractivity contribution in [3.63, 3.8) is 0 Å². The van der Waals surface area contributed by atoms with Gasteiger partial charge in [-0.2, -0.15) is 13.2 Å². The third kappa shape index (κ3) is 3.31. The van der Waals surface area contributed by atoms with Crippen molar-refractivity contribution in [2.24, 2.45) is 0 Å². The number of hydrogen-bond acceptors (Lipinski definition) is 5. The van der Waals surface area contributed by atoms with Crippen LogP contribution in [0.25, 0.3) is 0 Å². The number of carbonyl (C=O) groups is 1. The number of aromatic nitrogens is 3. The van der Waals surface area contributed by atoms with Gasteiger partial charge in [0.25, 0.3) is 5.91 Å². The molecule has 0 radical (unpaired) electrons. The van der Waals surface area contributed by atoms with Gasteiger partial charge in [0.15, 0.2) is 5.76 Å². The molecule has 0 spiro atoms. The van der Waals surface area contributed by atoms with Crippen molar-refractivity contribution in [3.05, 3.63) is 41.3 Å². The summed E-state index contributed by atoms with van der Waals surface area (Å²) in [5, 5.41) is 5.77. The smallest absolute Gasteiger partial charge is 0.360 e. The molecular weight excluding hydrogens is 277 g/mol. The topological polar surface area (TPSA) is 80.9 Å². The Bertz CT molecular complexity index is 611. The van der Waals surface area contributed by atoms with Crippen molar-refractivity contribution in [1.82, 2.24) is 20.4 Å². The molecule has 2 aromatic heterocycles. The first-order valence-electron chi connectivity index (χ1n) is 5.47. The van der Waals surface area contributed by atoms with Gasteiger partial charge in [-0.05, 0) is 13.0 Å². The van der Waals surface area contributed by atoms with Gasteiger partial charge in [-0.3, -0.25) is 4.79 Å². The van der Waals surface area contributed by atoms with Crippen LogP contribution in [-0.4, -0.2) is 21.0 Å². The fourth-order valence-corrected chi connectivity index (χ4v) is 1.40. The standard InChI is InChI=1S/C11H9F3N4O2/c1-6-4-8(11(12,13)14)18-9(17-6)10(19)15-5-7-2-3-16-20-7/h2-4H,5H2,1H3,(H,15,19). The van der Waals surface area contributed by atoms with E-state index in [2.05, 4.69) is 20.4 Å². The molecule has 6 nitrogen and oxygen atoms in total. The number of carbonyl (C=O) groups excluding carboxylic acids is 1. The van der Waals surface area contributed by atoms with Gasteiger partial charge in [0.05, 0.1) is 12.7 Å². The summed E-state index contributed by atoms with van der Waals surface area (Å²) < 4.78 is 42.5. The first-order valence-corrected chi connectivity index (χ1v) is 5.47. The van der Waals surface area contributed by atoms with E-state index in [1.807, 2.05) is 0 Å². The summed E-state index contributed by atoms with van der Waals surface area (Å²) in [6, 6.07) is 2.28. The second-order valence-corrected chi connectivity index (χ2v) is 3.88. The zero-order valence-corrected chi connectivity index (χ0v) is 10.2. The summed E-state index contributed by atoms with van der Waals surface area (Å²) in [6.07, 6.45) is -3.25. The molecule has 0 aliphatic carbocycles. The molecule has 0 aliphatic heterocycles. The van der Waals surface area contributed by atoms with Crippen LogP contribution in [0.3, 0.4) is 0 Å². The summed E-state index contributed by atoms with van der Waals surface area (Å²) in [5.41, 5.74) is -1.10. The molecule has 2 aromatic rings. The monoisotopic (exact) mass is 286 g/mol. The first kappa shape index (κ1) is 14.0. The zero-order chi connectivity index (χ0) is 14.8. The van der Waals surface area contributed by atoms with Crippen molar-refractivity contribution in [1.29, 1.82) is 0 Å². The predicted octanol–water partition coefficient (Wildman–Crippen LogP) is 1.72. The number of aryl methyl sites for hydroxylation is 1. The normalized spacial score (nSPS) is 11.4. The van der Waals surface area contributed by atoms with Gasteiger partial charge >= 0.3 is 6.18 Å². The maximum Gasteiger partial charge on any atom is 0.433 e. The number of alkyl halides is 3. The van der Waals surface area contributed by atoms with E-state index in [0.29, 0.717) is 5.76 Å². The van der Waals surface area contributed by atoms with E-state index in [0.717, 1.165) is 6.07 Å². The Morgan fingerprint density at radius 3 is 2.75 bits per heavy atom. The summed E-state index contributed by atoms with van der Waals surface area (Å²) in [6.45, 7) is 1.33. The van der Waals surface area contributed by atoms with Gasteiger partial charge in [-0.15, -0.1) is 0 Å². The average molecular weight is 286 g/mol. The van der Waals surface area contributed by atoms with Crippen molar-refractivity contribution in [2.45, 2.75) is 19.6 Å². The Morgan fingerprint density at radius 1 is 1.40 bits per heavy atom. The van der Waals surface area contributed by atoms with Gasteiger partial charge in [0, 0.05) is 11.8 Å². The summed E-state index contributed by atoms with van der Waals surface area (Å²) in [7, 11) is 0. The zero-order valence-electron chi connectivity index (χ0n) is 10.2. The van der Waals surface area contributed by atoms with Crippen LogP contribution >= 0.6 is 0 Å². The molecule has 0 atom stereocenters. The van der Waals surface area contributed by atoms with E-state index in [-0.39, 0.29) is 12.2 Å². The molecule has 2 heterocycles. The number of rotatable bonds is 3. The quantitative estimate of drug-likeness (QED) is 0.929. The van der Waals surface area contributed by atoms with E-state index in [4.69, 9.17) is 4.52 Å². The largest absolute Gasteiger partial charge is 0.433 e. The molecule has 1 amide bonds. The fraction of sp³-hybridized carbons (Fsp3) is 0.273. The maximum absolute atomic E-state index is 12.6. The van der Waals surface area contributed by atoms with Crippen molar-refractivity contribution in [3.8, 4) is 0 Å². The Kier molecular flexibility index (Phi) is 3.68. The first-order chi connectivity index (χ1) is 9.36. The molecule has 2 rings (SSSR count). The Hall–Kier alpha value is -2.45. The number of amides is 1. The van der Waals surface area contributed by atoms with Gasteiger partial charge in [-0.25, -0.2) is 9.97 Å². The number of hydrogen-bond donors (Lipinski definition) is 1. The number of nitrogens with one attached hydrogen (secondary N) is 1. The van der Waals surface area contributed by atoms with Gasteiger partial charge in [0.2, 0.25) is 5.82 Å². The molecule has 0 fully saturated rings. The third-order valence-electron chi connectivity index (χ3n) is 2.26. The fourth-order valence-electron chi connectivity index (χ4n) is 1.40. The van der Waals surface area contributed by atoms with Crippen LogP contribution in [0.15, 0.2) is 22.9 Å². The van der Waals surface area contributed by atoms with E-state index in [9.17, 15) is 18.0 Å². The average Bonchev–Trinajstić information content (AvgIpc) is 2.87. The highest BCUT2D eigenvalue weighted by atomic mass is 19.4. The number of halogens is 3. The van der Waals surface area contributed by atoms with Crippen LogP contribution in [-0.2, 0) is 12.7 Å². The SMILES string of the molecule is Cc1cc(C(F)(F)F)nc(C(=O)NCc2ccno2)n1. The molecule has 0 aliphatic rings. The second kappa shape index (κ2) is 5.27. The number of nitrogens with zero attached hydrogens (tertiary/aromatic N) is 3. The molecule has 9 heteroatoms. The third-order valence-corrected chi connectivity index (χ3v) is 2.26. The summed E-state index contributed by atoms with van der Waals surface area (Å²) in [5.74, 6) is -1.01. The molecule has 1 N–H and O–H groups in total. The molecule has 0 unspecified atom stereocenters. The molecule has 20 heavy (non-hydrogen) atoms. The molecule has 0 aromatic carbocycles. The summed E-state index contributed by atoms with van der Waals surface area (Å²) >= 11 is 0. The maximum atomic E-state index is 12.6. The van der Waals surface area contributed by atoms with Gasteiger partial charge in [0.1, 0.15) is 5.69 Å². The van der Waals surface area contributed by atoms with E-state index in [1.54, 1.807) is 0 Å². The highest BCUT2D eigenvalue weighted by molar-refractivity contribution is 5.90. The summed E-state index contributed by atoms with van der Waals surface area (Å²) in [4.78, 5) is 18.6. The van der Waals surface area contributed by atoms with E-state index >= 15 is 0 Å². The van der Waals surface area contributed by atoms with Crippen molar-refractivity contribution >= 4 is 5.91 Å². The van der Waals surface area contributed by atoms with Crippen LogP contribution in [0.4, 0.5) is 13.2 Å². The molecule has 106 valence electrons.